The highest BCUT2D eigenvalue weighted by atomic mass is 35.5. The summed E-state index contributed by atoms with van der Waals surface area (Å²) in [5.74, 6) is -1.41. The van der Waals surface area contributed by atoms with E-state index in [-0.39, 0.29) is 24.0 Å². The van der Waals surface area contributed by atoms with Gasteiger partial charge in [0, 0.05) is 16.3 Å². The molecule has 3 heterocycles. The lowest BCUT2D eigenvalue weighted by Crippen LogP contribution is -2.23. The molecule has 1 aromatic carbocycles. The zero-order valence-electron chi connectivity index (χ0n) is 18.6. The Hall–Kier alpha value is -4.23. The van der Waals surface area contributed by atoms with Crippen molar-refractivity contribution < 1.29 is 19.0 Å². The maximum absolute atomic E-state index is 14.3. The summed E-state index contributed by atoms with van der Waals surface area (Å²) in [5.41, 5.74) is 5.50. The van der Waals surface area contributed by atoms with Crippen molar-refractivity contribution in [1.29, 1.82) is 0 Å². The molecule has 0 saturated heterocycles. The number of ether oxygens (including phenoxy) is 1. The molecule has 0 amide bonds. The van der Waals surface area contributed by atoms with Crippen LogP contribution in [0.4, 0.5) is 15.9 Å². The van der Waals surface area contributed by atoms with Crippen LogP contribution in [0.2, 0.25) is 5.02 Å². The zero-order valence-corrected chi connectivity index (χ0v) is 19.4. The summed E-state index contributed by atoms with van der Waals surface area (Å²) < 4.78 is 21.5. The number of nitrogens with one attached hydrogen (secondary N) is 2. The van der Waals surface area contributed by atoms with Gasteiger partial charge in [-0.15, -0.1) is 0 Å². The Bertz CT molecular complexity index is 1660. The number of fused-ring (bicyclic) bond motifs is 1. The fraction of sp³-hybridized carbons (Fsp3) is 0.227. The molecule has 186 valence electrons. The van der Waals surface area contributed by atoms with E-state index in [2.05, 4.69) is 25.4 Å². The van der Waals surface area contributed by atoms with Gasteiger partial charge in [0.25, 0.3) is 0 Å². The average molecular weight is 515 g/mol. The number of esters is 1. The Morgan fingerprint density at radius 2 is 2.22 bits per heavy atom. The highest BCUT2D eigenvalue weighted by molar-refractivity contribution is 6.30. The van der Waals surface area contributed by atoms with Crippen LogP contribution < -0.4 is 27.4 Å². The van der Waals surface area contributed by atoms with Crippen LogP contribution >= 0.6 is 11.6 Å². The second kappa shape index (κ2) is 9.43. The predicted octanol–water partition coefficient (Wildman–Crippen LogP) is 0.531. The molecule has 4 aromatic rings. The van der Waals surface area contributed by atoms with Crippen molar-refractivity contribution in [3.63, 3.8) is 0 Å². The van der Waals surface area contributed by atoms with Gasteiger partial charge in [-0.2, -0.15) is 9.61 Å². The van der Waals surface area contributed by atoms with Gasteiger partial charge < -0.3 is 25.9 Å². The van der Waals surface area contributed by atoms with Crippen molar-refractivity contribution in [2.45, 2.75) is 25.6 Å². The molecule has 1 aliphatic carbocycles. The first-order valence-corrected chi connectivity index (χ1v) is 11.2. The minimum Gasteiger partial charge on any atom is -0.493 e. The molecule has 1 aliphatic rings. The first kappa shape index (κ1) is 23.5. The molecule has 1 fully saturated rings. The number of anilines is 2. The molecule has 1 saturated carbocycles. The number of H-pyrrole nitrogens is 1. The number of halogens is 2. The van der Waals surface area contributed by atoms with Crippen LogP contribution in [0.3, 0.4) is 0 Å². The normalized spacial score (nSPS) is 14.5. The summed E-state index contributed by atoms with van der Waals surface area (Å²) in [6.45, 7) is -0.877. The fourth-order valence-electron chi connectivity index (χ4n) is 3.40. The van der Waals surface area contributed by atoms with Crippen molar-refractivity contribution in [3.05, 3.63) is 68.2 Å². The highest BCUT2D eigenvalue weighted by Crippen LogP contribution is 2.24. The molecule has 0 bridgehead atoms. The van der Waals surface area contributed by atoms with E-state index in [1.54, 1.807) is 6.07 Å². The van der Waals surface area contributed by atoms with Gasteiger partial charge in [0.15, 0.2) is 17.9 Å². The number of aromatic hydroxyl groups is 1. The van der Waals surface area contributed by atoms with Crippen LogP contribution in [0.1, 0.15) is 18.5 Å². The van der Waals surface area contributed by atoms with Crippen LogP contribution in [0.25, 0.3) is 11.7 Å². The molecule has 0 radical (unpaired) electrons. The number of aromatic amines is 1. The lowest BCUT2D eigenvalue weighted by atomic mass is 10.3. The lowest BCUT2D eigenvalue weighted by Gasteiger charge is -2.08. The molecule has 0 aliphatic heterocycles. The molecule has 5 N–H and O–H groups in total. The number of nitrogens with zero attached hydrogens (tertiary/aromatic N) is 5. The quantitative estimate of drug-likeness (QED) is 0.259. The molecule has 0 atom stereocenters. The fourth-order valence-corrected chi connectivity index (χ4v) is 3.57. The topological polar surface area (TPSA) is 165 Å². The molecule has 14 heteroatoms. The summed E-state index contributed by atoms with van der Waals surface area (Å²) in [7, 11) is 0. The average Bonchev–Trinajstić information content (AvgIpc) is 3.52. The Balaban J connectivity index is 1.60. The van der Waals surface area contributed by atoms with Crippen molar-refractivity contribution >= 4 is 40.8 Å². The van der Waals surface area contributed by atoms with Gasteiger partial charge in [-0.25, -0.2) is 18.7 Å². The predicted molar refractivity (Wildman–Crippen MR) is 127 cm³/mol. The van der Waals surface area contributed by atoms with E-state index in [4.69, 9.17) is 22.1 Å². The van der Waals surface area contributed by atoms with Gasteiger partial charge in [-0.1, -0.05) is 11.6 Å². The first-order chi connectivity index (χ1) is 17.3. The van der Waals surface area contributed by atoms with E-state index in [0.29, 0.717) is 27.2 Å². The maximum atomic E-state index is 14.3. The Morgan fingerprint density at radius 3 is 2.97 bits per heavy atom. The molecule has 5 rings (SSSR count). The number of aromatic nitrogens is 5. The van der Waals surface area contributed by atoms with Crippen LogP contribution in [0.5, 0.6) is 5.88 Å². The number of imidazole rings is 1. The monoisotopic (exact) mass is 514 g/mol. The SMILES string of the molecule is NCC(=O)OCn1c(O)c(/C=c2/cnn3c(=NC4CC4)cc(Nc4cc(Cl)ccc4F)nc23)[nH]c1=O. The Labute approximate surface area is 206 Å². The third-order valence-corrected chi connectivity index (χ3v) is 5.57. The number of hydrogen-bond acceptors (Lipinski definition) is 9. The molecule has 0 spiro atoms. The Kier molecular flexibility index (Phi) is 6.16. The maximum Gasteiger partial charge on any atom is 0.331 e. The van der Waals surface area contributed by atoms with Crippen LogP contribution in [0.15, 0.2) is 40.2 Å². The summed E-state index contributed by atoms with van der Waals surface area (Å²) >= 11 is 6.01. The standard InChI is InChI=1S/C22H20ClFN8O4/c23-12-1-4-14(24)15(6-12)28-17-7-18(27-13-2-3-13)32-20(30-17)11(9-26-32)5-16-21(34)31(22(35)29-16)10-36-19(33)8-25/h1,4-7,9,13,28,34H,2-3,8,10,25H2,(H,29,35)/b11-5-,27-18?. The minimum atomic E-state index is -0.733. The van der Waals surface area contributed by atoms with E-state index in [0.717, 1.165) is 17.4 Å². The van der Waals surface area contributed by atoms with Gasteiger partial charge in [0.1, 0.15) is 17.3 Å². The van der Waals surface area contributed by atoms with E-state index < -0.39 is 30.1 Å². The van der Waals surface area contributed by atoms with Crippen molar-refractivity contribution in [1.82, 2.24) is 24.1 Å². The lowest BCUT2D eigenvalue weighted by molar-refractivity contribution is -0.145. The summed E-state index contributed by atoms with van der Waals surface area (Å²) in [6.07, 6.45) is 4.85. The van der Waals surface area contributed by atoms with Crippen LogP contribution in [-0.4, -0.2) is 47.8 Å². The van der Waals surface area contributed by atoms with Crippen LogP contribution in [0, 0.1) is 5.82 Å². The molecular weight excluding hydrogens is 495 g/mol. The minimum absolute atomic E-state index is 0.0421. The van der Waals surface area contributed by atoms with Gasteiger partial charge in [-0.3, -0.25) is 9.79 Å². The zero-order chi connectivity index (χ0) is 25.4. The van der Waals surface area contributed by atoms with E-state index >= 15 is 0 Å². The van der Waals surface area contributed by atoms with Gasteiger partial charge in [0.2, 0.25) is 5.88 Å². The second-order valence-electron chi connectivity index (χ2n) is 8.03. The molecular formula is C22H20ClFN8O4. The number of carbonyl (C=O) groups is 1. The van der Waals surface area contributed by atoms with E-state index in [1.165, 1.54) is 35.0 Å². The molecule has 36 heavy (non-hydrogen) atoms. The summed E-state index contributed by atoms with van der Waals surface area (Å²) in [4.78, 5) is 35.3. The third kappa shape index (κ3) is 4.78. The van der Waals surface area contributed by atoms with Gasteiger partial charge in [-0.05, 0) is 37.1 Å². The number of benzene rings is 1. The molecule has 0 unspecified atom stereocenters. The highest BCUT2D eigenvalue weighted by Gasteiger charge is 2.20. The van der Waals surface area contributed by atoms with Crippen molar-refractivity contribution in [3.8, 4) is 5.88 Å². The van der Waals surface area contributed by atoms with E-state index in [1.807, 2.05) is 0 Å². The number of nitrogens with two attached hydrogens (primary N) is 1. The molecule has 12 nitrogen and oxygen atoms in total. The first-order valence-electron chi connectivity index (χ1n) is 10.9. The number of carbonyl (C=O) groups excluding carboxylic acids is 1. The van der Waals surface area contributed by atoms with Crippen molar-refractivity contribution in [2.75, 3.05) is 11.9 Å². The molecule has 3 aromatic heterocycles. The smallest absolute Gasteiger partial charge is 0.331 e. The summed E-state index contributed by atoms with van der Waals surface area (Å²) in [5, 5.41) is 18.5. The second-order valence-corrected chi connectivity index (χ2v) is 8.47. The third-order valence-electron chi connectivity index (χ3n) is 5.34. The number of rotatable bonds is 7. The van der Waals surface area contributed by atoms with Crippen LogP contribution in [-0.2, 0) is 16.3 Å². The largest absolute Gasteiger partial charge is 0.493 e. The number of hydrogen-bond donors (Lipinski definition) is 4. The van der Waals surface area contributed by atoms with E-state index in [9.17, 15) is 19.1 Å². The van der Waals surface area contributed by atoms with Crippen molar-refractivity contribution in [2.24, 2.45) is 10.7 Å². The summed E-state index contributed by atoms with van der Waals surface area (Å²) in [6, 6.07) is 5.92. The van der Waals surface area contributed by atoms with Gasteiger partial charge >= 0.3 is 11.7 Å². The van der Waals surface area contributed by atoms with Gasteiger partial charge in [0.05, 0.1) is 24.5 Å². The Morgan fingerprint density at radius 1 is 1.42 bits per heavy atom.